The lowest BCUT2D eigenvalue weighted by molar-refractivity contribution is 0.318. The Morgan fingerprint density at radius 3 is 2.80 bits per heavy atom. The standard InChI is InChI=1S/C10H10ClN5O3S/c11-7-3-6(10(12)15-17)1-2-8(7)16-20(18,19)9-4-13-5-14-9/h1-5,16-17H,(H2,12,15)(H,13,14). The molecule has 10 heteroatoms. The predicted octanol–water partition coefficient (Wildman–Crippen LogP) is 0.958. The van der Waals surface area contributed by atoms with Crippen molar-refractivity contribution < 1.29 is 13.6 Å². The van der Waals surface area contributed by atoms with Crippen molar-refractivity contribution in [1.82, 2.24) is 9.97 Å². The molecule has 0 saturated carbocycles. The molecule has 5 N–H and O–H groups in total. The van der Waals surface area contributed by atoms with Crippen LogP contribution in [0.1, 0.15) is 5.56 Å². The maximum absolute atomic E-state index is 12.0. The van der Waals surface area contributed by atoms with Gasteiger partial charge in [0, 0.05) is 5.56 Å². The number of hydrogen-bond donors (Lipinski definition) is 4. The van der Waals surface area contributed by atoms with Gasteiger partial charge in [0.1, 0.15) is 0 Å². The number of rotatable bonds is 4. The number of aromatic nitrogens is 2. The molecule has 1 aromatic carbocycles. The van der Waals surface area contributed by atoms with Crippen LogP contribution in [0.2, 0.25) is 5.02 Å². The number of nitrogens with one attached hydrogen (secondary N) is 2. The van der Waals surface area contributed by atoms with E-state index >= 15 is 0 Å². The lowest BCUT2D eigenvalue weighted by Gasteiger charge is -2.09. The minimum Gasteiger partial charge on any atom is -0.409 e. The van der Waals surface area contributed by atoms with Crippen LogP contribution in [0, 0.1) is 0 Å². The first kappa shape index (κ1) is 14.2. The lowest BCUT2D eigenvalue weighted by atomic mass is 10.2. The molecule has 0 unspecified atom stereocenters. The Balaban J connectivity index is 2.32. The fourth-order valence-electron chi connectivity index (χ4n) is 1.40. The second-order valence-electron chi connectivity index (χ2n) is 3.70. The van der Waals surface area contributed by atoms with Gasteiger partial charge in [-0.25, -0.2) is 4.98 Å². The van der Waals surface area contributed by atoms with E-state index in [4.69, 9.17) is 22.5 Å². The first-order valence-electron chi connectivity index (χ1n) is 5.22. The van der Waals surface area contributed by atoms with E-state index in [0.717, 1.165) is 0 Å². The van der Waals surface area contributed by atoms with Crippen molar-refractivity contribution in [1.29, 1.82) is 0 Å². The van der Waals surface area contributed by atoms with Gasteiger partial charge in [0.05, 0.1) is 23.2 Å². The molecule has 20 heavy (non-hydrogen) atoms. The minimum atomic E-state index is -3.79. The van der Waals surface area contributed by atoms with Gasteiger partial charge in [0.25, 0.3) is 10.0 Å². The number of sulfonamides is 1. The fourth-order valence-corrected chi connectivity index (χ4v) is 2.67. The molecule has 0 radical (unpaired) electrons. The summed E-state index contributed by atoms with van der Waals surface area (Å²) in [5.74, 6) is -0.130. The lowest BCUT2D eigenvalue weighted by Crippen LogP contribution is -2.15. The molecule has 1 aromatic heterocycles. The van der Waals surface area contributed by atoms with E-state index < -0.39 is 10.0 Å². The Morgan fingerprint density at radius 2 is 2.25 bits per heavy atom. The third-order valence-corrected chi connectivity index (χ3v) is 3.98. The van der Waals surface area contributed by atoms with Crippen molar-refractivity contribution in [2.24, 2.45) is 10.9 Å². The topological polar surface area (TPSA) is 133 Å². The summed E-state index contributed by atoms with van der Waals surface area (Å²) in [6.07, 6.45) is 2.42. The number of nitrogens with two attached hydrogens (primary N) is 1. The van der Waals surface area contributed by atoms with Gasteiger partial charge in [-0.15, -0.1) is 0 Å². The molecule has 2 aromatic rings. The van der Waals surface area contributed by atoms with Crippen molar-refractivity contribution in [3.63, 3.8) is 0 Å². The maximum Gasteiger partial charge on any atom is 0.279 e. The fraction of sp³-hybridized carbons (Fsp3) is 0. The Kier molecular flexibility index (Phi) is 3.81. The largest absolute Gasteiger partial charge is 0.409 e. The summed E-state index contributed by atoms with van der Waals surface area (Å²) in [6.45, 7) is 0. The monoisotopic (exact) mass is 315 g/mol. The van der Waals surface area contributed by atoms with Crippen LogP contribution in [0.15, 0.2) is 40.9 Å². The number of halogens is 1. The van der Waals surface area contributed by atoms with Crippen LogP contribution < -0.4 is 10.5 Å². The van der Waals surface area contributed by atoms with E-state index in [0.29, 0.717) is 5.56 Å². The molecule has 0 amide bonds. The Bertz CT molecular complexity index is 742. The van der Waals surface area contributed by atoms with Crippen LogP contribution in [-0.2, 0) is 10.0 Å². The number of benzene rings is 1. The van der Waals surface area contributed by atoms with E-state index in [1.54, 1.807) is 0 Å². The molecule has 106 valence electrons. The highest BCUT2D eigenvalue weighted by Gasteiger charge is 2.17. The van der Waals surface area contributed by atoms with Crippen LogP contribution in [0.5, 0.6) is 0 Å². The molecule has 0 spiro atoms. The number of anilines is 1. The number of aromatic amines is 1. The molecule has 1 heterocycles. The first-order valence-corrected chi connectivity index (χ1v) is 7.09. The maximum atomic E-state index is 12.0. The highest BCUT2D eigenvalue weighted by molar-refractivity contribution is 7.92. The van der Waals surface area contributed by atoms with E-state index in [-0.39, 0.29) is 21.6 Å². The van der Waals surface area contributed by atoms with Crippen molar-refractivity contribution in [2.45, 2.75) is 5.03 Å². The summed E-state index contributed by atoms with van der Waals surface area (Å²) in [7, 11) is -3.79. The predicted molar refractivity (Wildman–Crippen MR) is 73.4 cm³/mol. The van der Waals surface area contributed by atoms with Gasteiger partial charge in [-0.1, -0.05) is 16.8 Å². The van der Waals surface area contributed by atoms with Crippen LogP contribution in [0.3, 0.4) is 0 Å². The molecule has 0 atom stereocenters. The first-order chi connectivity index (χ1) is 9.44. The number of hydrogen-bond acceptors (Lipinski definition) is 5. The van der Waals surface area contributed by atoms with Crippen LogP contribution in [0.25, 0.3) is 0 Å². The van der Waals surface area contributed by atoms with Gasteiger partial charge in [-0.2, -0.15) is 8.42 Å². The van der Waals surface area contributed by atoms with E-state index in [1.165, 1.54) is 30.7 Å². The molecule has 0 fully saturated rings. The van der Waals surface area contributed by atoms with E-state index in [2.05, 4.69) is 19.8 Å². The zero-order valence-electron chi connectivity index (χ0n) is 9.91. The highest BCUT2D eigenvalue weighted by Crippen LogP contribution is 2.25. The third-order valence-electron chi connectivity index (χ3n) is 2.38. The summed E-state index contributed by atoms with van der Waals surface area (Å²) >= 11 is 5.95. The third kappa shape index (κ3) is 2.83. The van der Waals surface area contributed by atoms with E-state index in [1.807, 2.05) is 0 Å². The zero-order chi connectivity index (χ0) is 14.8. The van der Waals surface area contributed by atoms with Gasteiger partial charge in [-0.3, -0.25) is 4.72 Å². The summed E-state index contributed by atoms with van der Waals surface area (Å²) in [4.78, 5) is 6.11. The summed E-state index contributed by atoms with van der Waals surface area (Å²) in [5, 5.41) is 11.4. The average molecular weight is 316 g/mol. The SMILES string of the molecule is N/C(=N/O)c1ccc(NS(=O)(=O)c2cnc[nH]2)c(Cl)c1. The second-order valence-corrected chi connectivity index (χ2v) is 5.76. The molecule has 0 aliphatic heterocycles. The van der Waals surface area contributed by atoms with Crippen molar-refractivity contribution in [3.05, 3.63) is 41.3 Å². The summed E-state index contributed by atoms with van der Waals surface area (Å²) < 4.78 is 26.2. The van der Waals surface area contributed by atoms with Gasteiger partial charge < -0.3 is 15.9 Å². The van der Waals surface area contributed by atoms with Gasteiger partial charge in [-0.05, 0) is 18.2 Å². The van der Waals surface area contributed by atoms with E-state index in [9.17, 15) is 8.42 Å². The summed E-state index contributed by atoms with van der Waals surface area (Å²) in [6, 6.07) is 4.25. The smallest absolute Gasteiger partial charge is 0.279 e. The molecule has 0 aliphatic carbocycles. The Morgan fingerprint density at radius 1 is 1.50 bits per heavy atom. The molecule has 8 nitrogen and oxygen atoms in total. The molecule has 2 rings (SSSR count). The number of amidine groups is 1. The van der Waals surface area contributed by atoms with Gasteiger partial charge in [0.2, 0.25) is 0 Å². The molecule has 0 bridgehead atoms. The highest BCUT2D eigenvalue weighted by atomic mass is 35.5. The van der Waals surface area contributed by atoms with Gasteiger partial charge >= 0.3 is 0 Å². The minimum absolute atomic E-state index is 0.0888. The Hall–Kier alpha value is -2.26. The zero-order valence-corrected chi connectivity index (χ0v) is 11.5. The number of H-pyrrole nitrogens is 1. The normalized spacial score (nSPS) is 12.3. The second kappa shape index (κ2) is 5.39. The van der Waals surface area contributed by atoms with Crippen LogP contribution in [-0.4, -0.2) is 29.4 Å². The number of oxime groups is 1. The molecule has 0 aliphatic rings. The van der Waals surface area contributed by atoms with Crippen molar-refractivity contribution >= 4 is 33.1 Å². The molecular formula is C10H10ClN5O3S. The summed E-state index contributed by atoms with van der Waals surface area (Å²) in [5.41, 5.74) is 5.93. The average Bonchev–Trinajstić information content (AvgIpc) is 2.95. The Labute approximate surface area is 119 Å². The van der Waals surface area contributed by atoms with Crippen LogP contribution >= 0.6 is 11.6 Å². The molecular weight excluding hydrogens is 306 g/mol. The van der Waals surface area contributed by atoms with Crippen LogP contribution in [0.4, 0.5) is 5.69 Å². The van der Waals surface area contributed by atoms with Crippen molar-refractivity contribution in [2.75, 3.05) is 4.72 Å². The number of nitrogens with zero attached hydrogens (tertiary/aromatic N) is 2. The quantitative estimate of drug-likeness (QED) is 0.288. The van der Waals surface area contributed by atoms with Gasteiger partial charge in [0.15, 0.2) is 10.9 Å². The molecule has 0 saturated heterocycles. The number of imidazole rings is 1. The van der Waals surface area contributed by atoms with Crippen molar-refractivity contribution in [3.8, 4) is 0 Å².